The molecule has 0 atom stereocenters. The summed E-state index contributed by atoms with van der Waals surface area (Å²) in [5.74, 6) is 0. The maximum Gasteiger partial charge on any atom is 0.0568 e. The third-order valence-electron chi connectivity index (χ3n) is 2.65. The lowest BCUT2D eigenvalue weighted by Crippen LogP contribution is -2.12. The highest BCUT2D eigenvalue weighted by atomic mass is 35.5. The molecule has 0 saturated heterocycles. The molecule has 90 valence electrons. The summed E-state index contributed by atoms with van der Waals surface area (Å²) in [7, 11) is 1.92. The van der Waals surface area contributed by atoms with E-state index in [1.165, 1.54) is 0 Å². The quantitative estimate of drug-likeness (QED) is 0.903. The van der Waals surface area contributed by atoms with Gasteiger partial charge in [-0.3, -0.25) is 4.68 Å². The van der Waals surface area contributed by atoms with Gasteiger partial charge in [-0.2, -0.15) is 5.10 Å². The second-order valence-electron chi connectivity index (χ2n) is 3.99. The summed E-state index contributed by atoms with van der Waals surface area (Å²) in [5, 5.41) is 8.26. The first-order valence-electron chi connectivity index (χ1n) is 5.69. The molecule has 0 aliphatic rings. The van der Waals surface area contributed by atoms with Gasteiger partial charge in [-0.15, -0.1) is 0 Å². The fourth-order valence-corrected chi connectivity index (χ4v) is 1.90. The van der Waals surface area contributed by atoms with Crippen LogP contribution in [0.1, 0.15) is 12.5 Å². The molecule has 3 nitrogen and oxygen atoms in total. The van der Waals surface area contributed by atoms with Gasteiger partial charge in [-0.25, -0.2) is 0 Å². The molecule has 0 amide bonds. The van der Waals surface area contributed by atoms with Crippen LogP contribution in [0.4, 0.5) is 0 Å². The van der Waals surface area contributed by atoms with Gasteiger partial charge < -0.3 is 5.32 Å². The van der Waals surface area contributed by atoms with E-state index in [9.17, 15) is 0 Å². The third kappa shape index (κ3) is 2.87. The Morgan fingerprint density at radius 3 is 2.82 bits per heavy atom. The number of rotatable bonds is 4. The Balaban J connectivity index is 2.30. The number of aryl methyl sites for hydroxylation is 1. The zero-order valence-electron chi connectivity index (χ0n) is 10.1. The highest BCUT2D eigenvalue weighted by molar-refractivity contribution is 6.31. The van der Waals surface area contributed by atoms with Crippen LogP contribution in [0.3, 0.4) is 0 Å². The van der Waals surface area contributed by atoms with E-state index in [-0.39, 0.29) is 0 Å². The average Bonchev–Trinajstić information content (AvgIpc) is 2.75. The highest BCUT2D eigenvalue weighted by Gasteiger charge is 2.05. The van der Waals surface area contributed by atoms with E-state index >= 15 is 0 Å². The molecule has 17 heavy (non-hydrogen) atoms. The van der Waals surface area contributed by atoms with Gasteiger partial charge in [0.05, 0.1) is 6.20 Å². The molecule has 4 heteroatoms. The first kappa shape index (κ1) is 12.1. The molecule has 1 N–H and O–H groups in total. The predicted molar refractivity (Wildman–Crippen MR) is 71.0 cm³/mol. The van der Waals surface area contributed by atoms with Gasteiger partial charge in [0, 0.05) is 30.4 Å². The van der Waals surface area contributed by atoms with E-state index in [1.54, 1.807) is 4.68 Å². The second kappa shape index (κ2) is 5.34. The van der Waals surface area contributed by atoms with Crippen LogP contribution in [0.25, 0.3) is 11.1 Å². The number of nitrogens with one attached hydrogen (secondary N) is 1. The van der Waals surface area contributed by atoms with Crippen molar-refractivity contribution in [3.63, 3.8) is 0 Å². The van der Waals surface area contributed by atoms with Crippen LogP contribution in [0.2, 0.25) is 5.02 Å². The SMILES string of the molecule is CCNCc1cc(-c2cnn(C)c2)ccc1Cl. The van der Waals surface area contributed by atoms with Crippen molar-refractivity contribution in [1.29, 1.82) is 0 Å². The maximum atomic E-state index is 6.16. The summed E-state index contributed by atoms with van der Waals surface area (Å²) >= 11 is 6.16. The lowest BCUT2D eigenvalue weighted by Gasteiger charge is -2.07. The van der Waals surface area contributed by atoms with Crippen molar-refractivity contribution in [2.45, 2.75) is 13.5 Å². The van der Waals surface area contributed by atoms with Gasteiger partial charge in [-0.05, 0) is 29.8 Å². The molecule has 0 bridgehead atoms. The van der Waals surface area contributed by atoms with Crippen molar-refractivity contribution in [3.05, 3.63) is 41.2 Å². The van der Waals surface area contributed by atoms with Gasteiger partial charge in [0.15, 0.2) is 0 Å². The molecule has 0 aliphatic carbocycles. The van der Waals surface area contributed by atoms with Crippen LogP contribution in [-0.4, -0.2) is 16.3 Å². The fourth-order valence-electron chi connectivity index (χ4n) is 1.72. The molecule has 0 fully saturated rings. The number of aromatic nitrogens is 2. The normalized spacial score (nSPS) is 10.8. The third-order valence-corrected chi connectivity index (χ3v) is 3.02. The van der Waals surface area contributed by atoms with Gasteiger partial charge in [0.25, 0.3) is 0 Å². The average molecular weight is 250 g/mol. The predicted octanol–water partition coefficient (Wildman–Crippen LogP) is 2.85. The molecular formula is C13H16ClN3. The van der Waals surface area contributed by atoms with E-state index in [2.05, 4.69) is 23.4 Å². The molecule has 1 heterocycles. The summed E-state index contributed by atoms with van der Waals surface area (Å²) in [6.45, 7) is 3.82. The zero-order chi connectivity index (χ0) is 12.3. The molecule has 0 aliphatic heterocycles. The Kier molecular flexibility index (Phi) is 3.82. The van der Waals surface area contributed by atoms with Crippen LogP contribution in [0, 0.1) is 0 Å². The minimum atomic E-state index is 0.795. The van der Waals surface area contributed by atoms with Crippen molar-refractivity contribution in [2.75, 3.05) is 6.54 Å². The van der Waals surface area contributed by atoms with Gasteiger partial charge in [0.2, 0.25) is 0 Å². The van der Waals surface area contributed by atoms with E-state index in [4.69, 9.17) is 11.6 Å². The summed E-state index contributed by atoms with van der Waals surface area (Å²) in [5.41, 5.74) is 3.38. The van der Waals surface area contributed by atoms with E-state index in [0.29, 0.717) is 0 Å². The van der Waals surface area contributed by atoms with Crippen LogP contribution >= 0.6 is 11.6 Å². The first-order chi connectivity index (χ1) is 8.20. The molecule has 0 unspecified atom stereocenters. The Morgan fingerprint density at radius 2 is 2.18 bits per heavy atom. The van der Waals surface area contributed by atoms with Crippen molar-refractivity contribution in [3.8, 4) is 11.1 Å². The maximum absolute atomic E-state index is 6.16. The fraction of sp³-hybridized carbons (Fsp3) is 0.308. The van der Waals surface area contributed by atoms with Crippen LogP contribution < -0.4 is 5.32 Å². The molecular weight excluding hydrogens is 234 g/mol. The largest absolute Gasteiger partial charge is 0.313 e. The summed E-state index contributed by atoms with van der Waals surface area (Å²) in [6, 6.07) is 6.08. The number of benzene rings is 1. The van der Waals surface area contributed by atoms with Crippen LogP contribution in [-0.2, 0) is 13.6 Å². The smallest absolute Gasteiger partial charge is 0.0568 e. The molecule has 0 saturated carbocycles. The topological polar surface area (TPSA) is 29.9 Å². The van der Waals surface area contributed by atoms with Gasteiger partial charge in [-0.1, -0.05) is 24.6 Å². The van der Waals surface area contributed by atoms with E-state index in [1.807, 2.05) is 31.6 Å². The van der Waals surface area contributed by atoms with E-state index < -0.39 is 0 Å². The van der Waals surface area contributed by atoms with Crippen molar-refractivity contribution >= 4 is 11.6 Å². The van der Waals surface area contributed by atoms with Crippen molar-refractivity contribution < 1.29 is 0 Å². The van der Waals surface area contributed by atoms with Crippen LogP contribution in [0.5, 0.6) is 0 Å². The summed E-state index contributed by atoms with van der Waals surface area (Å²) in [4.78, 5) is 0. The lowest BCUT2D eigenvalue weighted by molar-refractivity contribution is 0.727. The van der Waals surface area contributed by atoms with E-state index in [0.717, 1.165) is 34.8 Å². The Bertz CT molecular complexity index is 505. The standard InChI is InChI=1S/C13H16ClN3/c1-3-15-7-11-6-10(4-5-13(11)14)12-8-16-17(2)9-12/h4-6,8-9,15H,3,7H2,1-2H3. The highest BCUT2D eigenvalue weighted by Crippen LogP contribution is 2.24. The second-order valence-corrected chi connectivity index (χ2v) is 4.40. The Hall–Kier alpha value is -1.32. The number of hydrogen-bond donors (Lipinski definition) is 1. The number of hydrogen-bond acceptors (Lipinski definition) is 2. The molecule has 0 spiro atoms. The molecule has 1 aromatic heterocycles. The molecule has 1 aromatic carbocycles. The van der Waals surface area contributed by atoms with Gasteiger partial charge >= 0.3 is 0 Å². The Labute approximate surface area is 106 Å². The minimum absolute atomic E-state index is 0.795. The minimum Gasteiger partial charge on any atom is -0.313 e. The van der Waals surface area contributed by atoms with Crippen LogP contribution in [0.15, 0.2) is 30.6 Å². The first-order valence-corrected chi connectivity index (χ1v) is 6.06. The lowest BCUT2D eigenvalue weighted by atomic mass is 10.1. The zero-order valence-corrected chi connectivity index (χ0v) is 10.8. The Morgan fingerprint density at radius 1 is 1.35 bits per heavy atom. The van der Waals surface area contributed by atoms with Crippen molar-refractivity contribution in [2.24, 2.45) is 7.05 Å². The molecule has 2 aromatic rings. The molecule has 0 radical (unpaired) electrons. The monoisotopic (exact) mass is 249 g/mol. The summed E-state index contributed by atoms with van der Waals surface area (Å²) in [6.07, 6.45) is 3.86. The number of nitrogens with zero attached hydrogens (tertiary/aromatic N) is 2. The summed E-state index contributed by atoms with van der Waals surface area (Å²) < 4.78 is 1.80. The molecule has 2 rings (SSSR count). The van der Waals surface area contributed by atoms with Crippen molar-refractivity contribution in [1.82, 2.24) is 15.1 Å². The van der Waals surface area contributed by atoms with Gasteiger partial charge in [0.1, 0.15) is 0 Å². The number of halogens is 1.